The number of rotatable bonds is 5. The minimum absolute atomic E-state index is 0.00829. The number of hydrogen-bond donors (Lipinski definition) is 1. The summed E-state index contributed by atoms with van der Waals surface area (Å²) in [7, 11) is 0. The van der Waals surface area contributed by atoms with Crippen LogP contribution in [-0.4, -0.2) is 25.2 Å². The minimum atomic E-state index is -0.00829. The van der Waals surface area contributed by atoms with Gasteiger partial charge in [-0.05, 0) is 47.3 Å². The van der Waals surface area contributed by atoms with Crippen molar-refractivity contribution in [3.8, 4) is 0 Å². The van der Waals surface area contributed by atoms with Crippen molar-refractivity contribution < 1.29 is 9.53 Å². The summed E-state index contributed by atoms with van der Waals surface area (Å²) in [5.74, 6) is -0.00829. The van der Waals surface area contributed by atoms with Gasteiger partial charge >= 0.3 is 0 Å². The van der Waals surface area contributed by atoms with Crippen LogP contribution in [0.2, 0.25) is 0 Å². The monoisotopic (exact) mass is 345 g/mol. The first kappa shape index (κ1) is 15.0. The summed E-state index contributed by atoms with van der Waals surface area (Å²) in [5, 5.41) is 2.90. The maximum atomic E-state index is 11.9. The number of nitrogens with one attached hydrogen (secondary N) is 1. The molecule has 0 saturated heterocycles. The summed E-state index contributed by atoms with van der Waals surface area (Å²) in [6.45, 7) is 3.19. The molecule has 1 fully saturated rings. The molecule has 0 unspecified atom stereocenters. The average Bonchev–Trinajstić information content (AvgIpc) is 2.76. The molecule has 0 radical (unpaired) electrons. The van der Waals surface area contributed by atoms with Gasteiger partial charge in [0.15, 0.2) is 0 Å². The molecule has 1 aliphatic carbocycles. The van der Waals surface area contributed by atoms with E-state index in [0.717, 1.165) is 14.2 Å². The lowest BCUT2D eigenvalue weighted by Gasteiger charge is -2.21. The van der Waals surface area contributed by atoms with Crippen LogP contribution >= 0.6 is 27.3 Å². The standard InChI is InChI=1S/C14H20BrNO2S/c1-10-9-12(19-13(10)15)14(17)16-7-8-18-11-5-3-2-4-6-11/h9,11H,2-8H2,1H3,(H,16,17). The Morgan fingerprint density at radius 3 is 2.84 bits per heavy atom. The van der Waals surface area contributed by atoms with E-state index in [2.05, 4.69) is 21.2 Å². The second-order valence-electron chi connectivity index (χ2n) is 4.95. The van der Waals surface area contributed by atoms with E-state index in [9.17, 15) is 4.79 Å². The predicted molar refractivity (Wildman–Crippen MR) is 81.9 cm³/mol. The van der Waals surface area contributed by atoms with Gasteiger partial charge in [0, 0.05) is 6.54 Å². The molecule has 0 bridgehead atoms. The Morgan fingerprint density at radius 2 is 2.21 bits per heavy atom. The Labute approximate surface area is 126 Å². The first-order chi connectivity index (χ1) is 9.16. The van der Waals surface area contributed by atoms with Crippen LogP contribution in [0.5, 0.6) is 0 Å². The van der Waals surface area contributed by atoms with Crippen LogP contribution in [0.3, 0.4) is 0 Å². The second-order valence-corrected chi connectivity index (χ2v) is 7.32. The number of carbonyl (C=O) groups excluding carboxylic acids is 1. The molecule has 1 heterocycles. The van der Waals surface area contributed by atoms with Crippen LogP contribution in [0.15, 0.2) is 9.85 Å². The van der Waals surface area contributed by atoms with Crippen LogP contribution in [-0.2, 0) is 4.74 Å². The third-order valence-electron chi connectivity index (χ3n) is 3.37. The van der Waals surface area contributed by atoms with E-state index in [1.165, 1.54) is 43.4 Å². The van der Waals surface area contributed by atoms with E-state index in [-0.39, 0.29) is 5.91 Å². The fourth-order valence-electron chi connectivity index (χ4n) is 2.28. The van der Waals surface area contributed by atoms with Gasteiger partial charge in [-0.15, -0.1) is 11.3 Å². The summed E-state index contributed by atoms with van der Waals surface area (Å²) in [5.41, 5.74) is 1.11. The highest BCUT2D eigenvalue weighted by Crippen LogP contribution is 2.27. The Morgan fingerprint density at radius 1 is 1.47 bits per heavy atom. The van der Waals surface area contributed by atoms with Gasteiger partial charge in [-0.2, -0.15) is 0 Å². The molecule has 1 aromatic heterocycles. The van der Waals surface area contributed by atoms with E-state index < -0.39 is 0 Å². The summed E-state index contributed by atoms with van der Waals surface area (Å²) >= 11 is 4.90. The van der Waals surface area contributed by atoms with E-state index in [1.54, 1.807) is 0 Å². The number of hydrogen-bond acceptors (Lipinski definition) is 3. The van der Waals surface area contributed by atoms with Crippen molar-refractivity contribution in [1.82, 2.24) is 5.32 Å². The first-order valence-electron chi connectivity index (χ1n) is 6.82. The molecule has 1 aliphatic rings. The molecular weight excluding hydrogens is 326 g/mol. The van der Waals surface area contributed by atoms with Crippen LogP contribution in [0.4, 0.5) is 0 Å². The number of halogens is 1. The van der Waals surface area contributed by atoms with Crippen molar-refractivity contribution >= 4 is 33.2 Å². The fraction of sp³-hybridized carbons (Fsp3) is 0.643. The molecule has 0 aliphatic heterocycles. The SMILES string of the molecule is Cc1cc(C(=O)NCCOC2CCCCC2)sc1Br. The van der Waals surface area contributed by atoms with Crippen molar-refractivity contribution in [2.45, 2.75) is 45.1 Å². The maximum absolute atomic E-state index is 11.9. The largest absolute Gasteiger partial charge is 0.376 e. The van der Waals surface area contributed by atoms with Gasteiger partial charge in [-0.3, -0.25) is 4.79 Å². The summed E-state index contributed by atoms with van der Waals surface area (Å²) in [6.07, 6.45) is 6.64. The molecule has 1 aromatic rings. The number of aryl methyl sites for hydroxylation is 1. The third-order valence-corrected chi connectivity index (χ3v) is 5.51. The minimum Gasteiger partial charge on any atom is -0.376 e. The van der Waals surface area contributed by atoms with Crippen molar-refractivity contribution in [1.29, 1.82) is 0 Å². The Balaban J connectivity index is 1.66. The third kappa shape index (κ3) is 4.58. The summed E-state index contributed by atoms with van der Waals surface area (Å²) in [6, 6.07) is 1.91. The smallest absolute Gasteiger partial charge is 0.261 e. The topological polar surface area (TPSA) is 38.3 Å². The van der Waals surface area contributed by atoms with Gasteiger partial charge in [0.1, 0.15) is 0 Å². The van der Waals surface area contributed by atoms with Gasteiger partial charge in [0.25, 0.3) is 5.91 Å². The van der Waals surface area contributed by atoms with Gasteiger partial charge in [-0.25, -0.2) is 0 Å². The normalized spacial score (nSPS) is 16.5. The first-order valence-corrected chi connectivity index (χ1v) is 8.43. The van der Waals surface area contributed by atoms with Crippen molar-refractivity contribution in [3.05, 3.63) is 20.3 Å². The van der Waals surface area contributed by atoms with Crippen molar-refractivity contribution in [2.75, 3.05) is 13.2 Å². The highest BCUT2D eigenvalue weighted by molar-refractivity contribution is 9.11. The molecule has 106 valence electrons. The molecule has 1 amide bonds. The highest BCUT2D eigenvalue weighted by atomic mass is 79.9. The molecule has 2 rings (SSSR count). The fourth-order valence-corrected chi connectivity index (χ4v) is 3.73. The summed E-state index contributed by atoms with van der Waals surface area (Å²) in [4.78, 5) is 12.6. The molecule has 3 nitrogen and oxygen atoms in total. The van der Waals surface area contributed by atoms with Crippen molar-refractivity contribution in [3.63, 3.8) is 0 Å². The number of amides is 1. The number of carbonyl (C=O) groups is 1. The van der Waals surface area contributed by atoms with E-state index in [1.807, 2.05) is 13.0 Å². The molecule has 1 N–H and O–H groups in total. The molecule has 5 heteroatoms. The van der Waals surface area contributed by atoms with Gasteiger partial charge in [0.05, 0.1) is 21.4 Å². The van der Waals surface area contributed by atoms with E-state index in [0.29, 0.717) is 19.3 Å². The zero-order valence-corrected chi connectivity index (χ0v) is 13.6. The lowest BCUT2D eigenvalue weighted by Crippen LogP contribution is -2.28. The molecule has 1 saturated carbocycles. The van der Waals surface area contributed by atoms with Crippen LogP contribution in [0.1, 0.15) is 47.3 Å². The maximum Gasteiger partial charge on any atom is 0.261 e. The average molecular weight is 346 g/mol. The molecular formula is C14H20BrNO2S. The number of ether oxygens (including phenoxy) is 1. The summed E-state index contributed by atoms with van der Waals surface area (Å²) < 4.78 is 6.80. The van der Waals surface area contributed by atoms with Gasteiger partial charge < -0.3 is 10.1 Å². The van der Waals surface area contributed by atoms with Crippen molar-refractivity contribution in [2.24, 2.45) is 0 Å². The predicted octanol–water partition coefficient (Wildman–Crippen LogP) is 3.90. The van der Waals surface area contributed by atoms with Crippen LogP contribution in [0.25, 0.3) is 0 Å². The lowest BCUT2D eigenvalue weighted by atomic mass is 9.98. The molecule has 0 spiro atoms. The Hall–Kier alpha value is -0.390. The molecule has 0 atom stereocenters. The Kier molecular flexibility index (Phi) is 5.85. The number of thiophene rings is 1. The van der Waals surface area contributed by atoms with E-state index in [4.69, 9.17) is 4.74 Å². The highest BCUT2D eigenvalue weighted by Gasteiger charge is 2.14. The zero-order valence-electron chi connectivity index (χ0n) is 11.2. The van der Waals surface area contributed by atoms with Crippen LogP contribution < -0.4 is 5.32 Å². The molecule has 0 aromatic carbocycles. The lowest BCUT2D eigenvalue weighted by molar-refractivity contribution is 0.0300. The second kappa shape index (κ2) is 7.41. The van der Waals surface area contributed by atoms with Crippen LogP contribution in [0, 0.1) is 6.92 Å². The zero-order chi connectivity index (χ0) is 13.7. The molecule has 19 heavy (non-hydrogen) atoms. The van der Waals surface area contributed by atoms with E-state index >= 15 is 0 Å². The quantitative estimate of drug-likeness (QED) is 0.822. The van der Waals surface area contributed by atoms with Gasteiger partial charge in [-0.1, -0.05) is 19.3 Å². The Bertz CT molecular complexity index is 408. The van der Waals surface area contributed by atoms with Gasteiger partial charge in [0.2, 0.25) is 0 Å².